The second-order valence-corrected chi connectivity index (χ2v) is 1.56. The fourth-order valence-electron chi connectivity index (χ4n) is 0.380. The van der Waals surface area contributed by atoms with Crippen molar-refractivity contribution in [3.05, 3.63) is 17.1 Å². The van der Waals surface area contributed by atoms with E-state index in [9.17, 15) is 10.3 Å². The molecule has 0 spiro atoms. The lowest BCUT2D eigenvalue weighted by atomic mass is 10.6. The highest BCUT2D eigenvalue weighted by Gasteiger charge is 1.95. The average Bonchev–Trinajstić information content (AvgIpc) is 1.80. The minimum Gasteiger partial charge on any atom is -0.840 e. The average molecular weight is 126 g/mol. The van der Waals surface area contributed by atoms with Crippen LogP contribution in [0.3, 0.4) is 0 Å². The molecule has 1 heterocycles. The Labute approximate surface area is 51.2 Å². The van der Waals surface area contributed by atoms with Crippen molar-refractivity contribution in [2.45, 2.75) is 6.92 Å². The SMILES string of the molecule is Cc1cnc([O-])n[n+]1[O-]. The Bertz CT molecular complexity index is 225. The van der Waals surface area contributed by atoms with Crippen LogP contribution < -0.4 is 9.95 Å². The van der Waals surface area contributed by atoms with Crippen LogP contribution in [0.1, 0.15) is 5.69 Å². The van der Waals surface area contributed by atoms with Gasteiger partial charge in [-0.3, -0.25) is 0 Å². The molecule has 0 radical (unpaired) electrons. The summed E-state index contributed by atoms with van der Waals surface area (Å²) >= 11 is 0. The third-order valence-corrected chi connectivity index (χ3v) is 0.840. The predicted molar refractivity (Wildman–Crippen MR) is 25.2 cm³/mol. The lowest BCUT2D eigenvalue weighted by molar-refractivity contribution is -0.681. The molecule has 0 aliphatic heterocycles. The molecular weight excluding hydrogens is 122 g/mol. The summed E-state index contributed by atoms with van der Waals surface area (Å²) in [5.41, 5.74) is 0.314. The van der Waals surface area contributed by atoms with E-state index in [0.717, 1.165) is 0 Å². The van der Waals surface area contributed by atoms with E-state index in [4.69, 9.17) is 0 Å². The van der Waals surface area contributed by atoms with Gasteiger partial charge in [0.05, 0.1) is 6.20 Å². The quantitative estimate of drug-likeness (QED) is 0.313. The van der Waals surface area contributed by atoms with Crippen LogP contribution >= 0.6 is 0 Å². The van der Waals surface area contributed by atoms with Crippen molar-refractivity contribution < 1.29 is 9.95 Å². The number of hydrogen-bond donors (Lipinski definition) is 0. The molecule has 0 bridgehead atoms. The van der Waals surface area contributed by atoms with E-state index >= 15 is 0 Å². The van der Waals surface area contributed by atoms with Crippen molar-refractivity contribution in [3.8, 4) is 6.01 Å². The number of aromatic nitrogens is 3. The highest BCUT2D eigenvalue weighted by molar-refractivity contribution is 4.85. The molecule has 0 aromatic carbocycles. The van der Waals surface area contributed by atoms with E-state index in [1.165, 1.54) is 13.1 Å². The van der Waals surface area contributed by atoms with E-state index in [2.05, 4.69) is 10.1 Å². The van der Waals surface area contributed by atoms with E-state index in [1.807, 2.05) is 0 Å². The molecule has 0 fully saturated rings. The smallest absolute Gasteiger partial charge is 0.236 e. The van der Waals surface area contributed by atoms with Gasteiger partial charge >= 0.3 is 0 Å². The van der Waals surface area contributed by atoms with Crippen molar-refractivity contribution in [2.24, 2.45) is 0 Å². The standard InChI is InChI=1S/C4H5N3O2/c1-3-2-5-4(8)6-7(3)9/h2H,1H3,(H,5,6,8)/p-1. The Morgan fingerprint density at radius 3 is 2.78 bits per heavy atom. The van der Waals surface area contributed by atoms with Gasteiger partial charge < -0.3 is 10.3 Å². The highest BCUT2D eigenvalue weighted by atomic mass is 16.5. The van der Waals surface area contributed by atoms with Gasteiger partial charge in [0.1, 0.15) is 0 Å². The molecule has 0 saturated heterocycles. The number of nitrogens with zero attached hydrogens (tertiary/aromatic N) is 3. The Morgan fingerprint density at radius 1 is 1.67 bits per heavy atom. The van der Waals surface area contributed by atoms with Gasteiger partial charge in [-0.1, -0.05) is 4.85 Å². The third kappa shape index (κ3) is 1.04. The second-order valence-electron chi connectivity index (χ2n) is 1.56. The van der Waals surface area contributed by atoms with Gasteiger partial charge in [-0.05, 0) is 0 Å². The molecule has 0 N–H and O–H groups in total. The van der Waals surface area contributed by atoms with E-state index < -0.39 is 6.01 Å². The number of aryl methyl sites for hydroxylation is 1. The molecule has 5 nitrogen and oxygen atoms in total. The minimum atomic E-state index is -0.754. The lowest BCUT2D eigenvalue weighted by Gasteiger charge is -2.00. The Kier molecular flexibility index (Phi) is 1.18. The molecule has 0 atom stereocenters. The van der Waals surface area contributed by atoms with Crippen LogP contribution in [0.25, 0.3) is 0 Å². The van der Waals surface area contributed by atoms with Crippen molar-refractivity contribution in [3.63, 3.8) is 0 Å². The first-order valence-corrected chi connectivity index (χ1v) is 2.30. The zero-order valence-corrected chi connectivity index (χ0v) is 4.74. The maximum atomic E-state index is 10.4. The van der Waals surface area contributed by atoms with Gasteiger partial charge in [-0.25, -0.2) is 4.98 Å². The van der Waals surface area contributed by atoms with Gasteiger partial charge in [-0.2, -0.15) is 0 Å². The molecule has 1 rings (SSSR count). The molecule has 48 valence electrons. The summed E-state index contributed by atoms with van der Waals surface area (Å²) in [4.78, 5) is 3.50. The fourth-order valence-corrected chi connectivity index (χ4v) is 0.380. The predicted octanol–water partition coefficient (Wildman–Crippen LogP) is -1.51. The first kappa shape index (κ1) is 5.74. The summed E-state index contributed by atoms with van der Waals surface area (Å²) < 4.78 is 0. The second kappa shape index (κ2) is 1.85. The van der Waals surface area contributed by atoms with Crippen LogP contribution in [0.2, 0.25) is 0 Å². The van der Waals surface area contributed by atoms with Crippen LogP contribution in [0.5, 0.6) is 6.01 Å². The summed E-state index contributed by atoms with van der Waals surface area (Å²) in [7, 11) is 0. The van der Waals surface area contributed by atoms with Crippen LogP contribution in [0.15, 0.2) is 6.20 Å². The van der Waals surface area contributed by atoms with Crippen molar-refractivity contribution in [1.29, 1.82) is 0 Å². The molecule has 0 saturated carbocycles. The van der Waals surface area contributed by atoms with Crippen molar-refractivity contribution >= 4 is 0 Å². The Morgan fingerprint density at radius 2 is 2.33 bits per heavy atom. The molecule has 9 heavy (non-hydrogen) atoms. The van der Waals surface area contributed by atoms with Crippen molar-refractivity contribution in [1.82, 2.24) is 10.1 Å². The summed E-state index contributed by atoms with van der Waals surface area (Å²) in [6, 6.07) is -0.754. The maximum Gasteiger partial charge on any atom is 0.236 e. The summed E-state index contributed by atoms with van der Waals surface area (Å²) in [6.07, 6.45) is 1.18. The summed E-state index contributed by atoms with van der Waals surface area (Å²) in [5, 5.41) is 23.6. The number of rotatable bonds is 0. The summed E-state index contributed by atoms with van der Waals surface area (Å²) in [5.74, 6) is 0. The molecule has 0 aliphatic rings. The zero-order valence-electron chi connectivity index (χ0n) is 4.74. The first-order chi connectivity index (χ1) is 4.20. The van der Waals surface area contributed by atoms with E-state index in [0.29, 0.717) is 5.69 Å². The molecule has 1 aromatic heterocycles. The Hall–Kier alpha value is -1.39. The van der Waals surface area contributed by atoms with E-state index in [1.54, 1.807) is 0 Å². The van der Waals surface area contributed by atoms with Crippen LogP contribution in [-0.2, 0) is 0 Å². The molecular formula is C4H4N3O2-. The maximum absolute atomic E-state index is 10.4. The van der Waals surface area contributed by atoms with Crippen LogP contribution in [-0.4, -0.2) is 10.1 Å². The molecule has 0 unspecified atom stereocenters. The zero-order chi connectivity index (χ0) is 6.85. The van der Waals surface area contributed by atoms with Gasteiger partial charge in [0.2, 0.25) is 5.69 Å². The highest BCUT2D eigenvalue weighted by Crippen LogP contribution is 1.86. The van der Waals surface area contributed by atoms with Gasteiger partial charge in [-0.15, -0.1) is 0 Å². The fraction of sp³-hybridized carbons (Fsp3) is 0.250. The largest absolute Gasteiger partial charge is 0.840 e. The Balaban J connectivity index is 3.17. The minimum absolute atomic E-state index is 0.245. The third-order valence-electron chi connectivity index (χ3n) is 0.840. The molecule has 1 aromatic rings. The number of hydrogen-bond acceptors (Lipinski definition) is 4. The first-order valence-electron chi connectivity index (χ1n) is 2.30. The normalized spacial score (nSPS) is 9.44. The van der Waals surface area contributed by atoms with Gasteiger partial charge in [0.25, 0.3) is 0 Å². The summed E-state index contributed by atoms with van der Waals surface area (Å²) in [6.45, 7) is 1.52. The molecule has 0 amide bonds. The lowest BCUT2D eigenvalue weighted by Crippen LogP contribution is -2.35. The van der Waals surface area contributed by atoms with Crippen LogP contribution in [0.4, 0.5) is 0 Å². The molecule has 0 aliphatic carbocycles. The van der Waals surface area contributed by atoms with Crippen LogP contribution in [0, 0.1) is 12.1 Å². The van der Waals surface area contributed by atoms with Gasteiger partial charge in [0, 0.05) is 12.0 Å². The van der Waals surface area contributed by atoms with Gasteiger partial charge in [0.15, 0.2) is 6.01 Å². The van der Waals surface area contributed by atoms with Crippen molar-refractivity contribution in [2.75, 3.05) is 0 Å². The monoisotopic (exact) mass is 126 g/mol. The van der Waals surface area contributed by atoms with E-state index in [-0.39, 0.29) is 4.85 Å². The molecule has 5 heteroatoms. The topological polar surface area (TPSA) is 75.8 Å².